The molecule has 0 amide bonds. The van der Waals surface area contributed by atoms with E-state index >= 15 is 0 Å². The van der Waals surface area contributed by atoms with E-state index in [0.717, 1.165) is 22.3 Å². The fraction of sp³-hybridized carbons (Fsp3) is 0.211. The average Bonchev–Trinajstić information content (AvgIpc) is 3.08. The largest absolute Gasteiger partial charge is 0.496 e. The summed E-state index contributed by atoms with van der Waals surface area (Å²) >= 11 is 1.23. The molecule has 0 saturated carbocycles. The number of hydrogen-bond donors (Lipinski definition) is 0. The van der Waals surface area contributed by atoms with Crippen LogP contribution < -0.4 is 4.74 Å². The summed E-state index contributed by atoms with van der Waals surface area (Å²) < 4.78 is 11.0. The van der Waals surface area contributed by atoms with E-state index in [4.69, 9.17) is 9.15 Å². The van der Waals surface area contributed by atoms with Gasteiger partial charge in [-0.05, 0) is 31.5 Å². The van der Waals surface area contributed by atoms with Gasteiger partial charge >= 0.3 is 0 Å². The van der Waals surface area contributed by atoms with Gasteiger partial charge in [0.25, 0.3) is 11.1 Å². The van der Waals surface area contributed by atoms with E-state index in [9.17, 15) is 4.79 Å². The average molecular weight is 354 g/mol. The van der Waals surface area contributed by atoms with Crippen molar-refractivity contribution in [1.82, 2.24) is 10.2 Å². The van der Waals surface area contributed by atoms with Gasteiger partial charge in [0.2, 0.25) is 0 Å². The molecule has 0 aliphatic rings. The molecular weight excluding hydrogens is 336 g/mol. The molecule has 6 heteroatoms. The Morgan fingerprint density at radius 3 is 2.72 bits per heavy atom. The first-order valence-corrected chi connectivity index (χ1v) is 8.77. The third-order valence-corrected chi connectivity index (χ3v) is 4.57. The van der Waals surface area contributed by atoms with Crippen molar-refractivity contribution < 1.29 is 13.9 Å². The zero-order chi connectivity index (χ0) is 17.8. The van der Waals surface area contributed by atoms with Crippen LogP contribution in [0.5, 0.6) is 5.75 Å². The second-order valence-corrected chi connectivity index (χ2v) is 6.53. The number of carbonyl (C=O) groups excluding carboxylic acids is 1. The van der Waals surface area contributed by atoms with E-state index < -0.39 is 0 Å². The number of para-hydroxylation sites is 1. The molecule has 0 saturated heterocycles. The number of Topliss-reactive ketones (excluding diaryl/α,β-unsaturated/α-hetero) is 1. The molecule has 0 bridgehead atoms. The van der Waals surface area contributed by atoms with Crippen LogP contribution in [0.2, 0.25) is 0 Å². The summed E-state index contributed by atoms with van der Waals surface area (Å²) in [7, 11) is 1.59. The SMILES string of the molecule is COc1ccccc1-c1nnc(SCC(=O)c2ccc(C)cc2C)o1. The standard InChI is InChI=1S/C19H18N2O3S/c1-12-8-9-14(13(2)10-12)16(22)11-25-19-21-20-18(24-19)15-6-4-5-7-17(15)23-3/h4-10H,11H2,1-3H3. The summed E-state index contributed by atoms with van der Waals surface area (Å²) in [5, 5.41) is 8.41. The number of carbonyl (C=O) groups is 1. The quantitative estimate of drug-likeness (QED) is 0.485. The minimum absolute atomic E-state index is 0.0412. The number of nitrogens with zero attached hydrogens (tertiary/aromatic N) is 2. The van der Waals surface area contributed by atoms with E-state index in [1.165, 1.54) is 11.8 Å². The second kappa shape index (κ2) is 7.53. The Balaban J connectivity index is 1.70. The summed E-state index contributed by atoms with van der Waals surface area (Å²) in [6.45, 7) is 3.95. The van der Waals surface area contributed by atoms with Crippen molar-refractivity contribution in [3.8, 4) is 17.2 Å². The molecule has 0 aliphatic heterocycles. The van der Waals surface area contributed by atoms with Gasteiger partial charge in [-0.3, -0.25) is 4.79 Å². The molecule has 0 N–H and O–H groups in total. The molecule has 0 fully saturated rings. The highest BCUT2D eigenvalue weighted by molar-refractivity contribution is 7.99. The Hall–Kier alpha value is -2.60. The highest BCUT2D eigenvalue weighted by Gasteiger charge is 2.15. The van der Waals surface area contributed by atoms with E-state index in [1.807, 2.05) is 56.3 Å². The third kappa shape index (κ3) is 3.91. The van der Waals surface area contributed by atoms with Crippen LogP contribution in [0, 0.1) is 13.8 Å². The summed E-state index contributed by atoms with van der Waals surface area (Å²) in [6.07, 6.45) is 0. The summed E-state index contributed by atoms with van der Waals surface area (Å²) in [5.41, 5.74) is 3.57. The lowest BCUT2D eigenvalue weighted by Crippen LogP contribution is -2.04. The number of hydrogen-bond acceptors (Lipinski definition) is 6. The van der Waals surface area contributed by atoms with Crippen LogP contribution in [0.1, 0.15) is 21.5 Å². The molecular formula is C19H18N2O3S. The van der Waals surface area contributed by atoms with Crippen molar-refractivity contribution in [3.63, 3.8) is 0 Å². The van der Waals surface area contributed by atoms with Crippen molar-refractivity contribution in [2.45, 2.75) is 19.1 Å². The highest BCUT2D eigenvalue weighted by Crippen LogP contribution is 2.30. The van der Waals surface area contributed by atoms with E-state index in [2.05, 4.69) is 10.2 Å². The highest BCUT2D eigenvalue weighted by atomic mass is 32.2. The lowest BCUT2D eigenvalue weighted by molar-refractivity contribution is 0.102. The van der Waals surface area contributed by atoms with Gasteiger partial charge in [0, 0.05) is 5.56 Å². The molecule has 3 rings (SSSR count). The summed E-state index contributed by atoms with van der Waals surface area (Å²) in [5.74, 6) is 1.32. The van der Waals surface area contributed by atoms with E-state index in [0.29, 0.717) is 16.9 Å². The Morgan fingerprint density at radius 2 is 1.96 bits per heavy atom. The lowest BCUT2D eigenvalue weighted by atomic mass is 10.0. The smallest absolute Gasteiger partial charge is 0.277 e. The maximum absolute atomic E-state index is 12.4. The monoisotopic (exact) mass is 354 g/mol. The maximum Gasteiger partial charge on any atom is 0.277 e. The van der Waals surface area contributed by atoms with Crippen LogP contribution in [0.4, 0.5) is 0 Å². The first-order valence-electron chi connectivity index (χ1n) is 7.78. The lowest BCUT2D eigenvalue weighted by Gasteiger charge is -2.05. The van der Waals surface area contributed by atoms with Crippen LogP contribution in [0.3, 0.4) is 0 Å². The predicted octanol–water partition coefficient (Wildman–Crippen LogP) is 4.34. The fourth-order valence-corrected chi connectivity index (χ4v) is 3.18. The number of aryl methyl sites for hydroxylation is 2. The van der Waals surface area contributed by atoms with Crippen LogP contribution in [0.25, 0.3) is 11.5 Å². The number of benzene rings is 2. The van der Waals surface area contributed by atoms with Gasteiger partial charge in [-0.15, -0.1) is 10.2 Å². The third-order valence-electron chi connectivity index (χ3n) is 3.75. The normalized spacial score (nSPS) is 10.7. The Morgan fingerprint density at radius 1 is 1.16 bits per heavy atom. The van der Waals surface area contributed by atoms with Gasteiger partial charge in [-0.25, -0.2) is 0 Å². The molecule has 1 heterocycles. The Labute approximate surface area is 150 Å². The van der Waals surface area contributed by atoms with Gasteiger partial charge in [0.1, 0.15) is 5.75 Å². The fourth-order valence-electron chi connectivity index (χ4n) is 2.53. The molecule has 5 nitrogen and oxygen atoms in total. The first kappa shape index (κ1) is 17.2. The molecule has 1 aromatic heterocycles. The number of ketones is 1. The zero-order valence-corrected chi connectivity index (χ0v) is 15.1. The molecule has 3 aromatic rings. The van der Waals surface area contributed by atoms with Crippen LogP contribution in [-0.2, 0) is 0 Å². The molecule has 0 aliphatic carbocycles. The van der Waals surface area contributed by atoms with Crippen LogP contribution in [-0.4, -0.2) is 28.8 Å². The number of thioether (sulfide) groups is 1. The Bertz CT molecular complexity index is 905. The van der Waals surface area contributed by atoms with Gasteiger partial charge < -0.3 is 9.15 Å². The molecule has 0 spiro atoms. The van der Waals surface area contributed by atoms with Gasteiger partial charge in [-0.2, -0.15) is 0 Å². The zero-order valence-electron chi connectivity index (χ0n) is 14.3. The first-order chi connectivity index (χ1) is 12.1. The molecule has 128 valence electrons. The maximum atomic E-state index is 12.4. The second-order valence-electron chi connectivity index (χ2n) is 5.60. The van der Waals surface area contributed by atoms with Crippen molar-refractivity contribution in [3.05, 3.63) is 59.2 Å². The van der Waals surface area contributed by atoms with Crippen molar-refractivity contribution in [2.75, 3.05) is 12.9 Å². The van der Waals surface area contributed by atoms with Crippen molar-refractivity contribution >= 4 is 17.5 Å². The predicted molar refractivity (Wildman–Crippen MR) is 97.3 cm³/mol. The molecule has 0 unspecified atom stereocenters. The number of ether oxygens (including phenoxy) is 1. The number of aromatic nitrogens is 2. The van der Waals surface area contributed by atoms with E-state index in [1.54, 1.807) is 7.11 Å². The number of methoxy groups -OCH3 is 1. The van der Waals surface area contributed by atoms with Crippen molar-refractivity contribution in [2.24, 2.45) is 0 Å². The van der Waals surface area contributed by atoms with Gasteiger partial charge in [0.15, 0.2) is 5.78 Å². The Kier molecular flexibility index (Phi) is 5.19. The molecule has 0 atom stereocenters. The van der Waals surface area contributed by atoms with E-state index in [-0.39, 0.29) is 11.5 Å². The number of rotatable bonds is 6. The van der Waals surface area contributed by atoms with Crippen LogP contribution >= 0.6 is 11.8 Å². The molecule has 25 heavy (non-hydrogen) atoms. The van der Waals surface area contributed by atoms with Crippen LogP contribution in [0.15, 0.2) is 52.1 Å². The molecule has 0 radical (unpaired) electrons. The van der Waals surface area contributed by atoms with Crippen molar-refractivity contribution in [1.29, 1.82) is 0 Å². The topological polar surface area (TPSA) is 65.2 Å². The minimum Gasteiger partial charge on any atom is -0.496 e. The summed E-state index contributed by atoms with van der Waals surface area (Å²) in [4.78, 5) is 12.4. The molecule has 2 aromatic carbocycles. The van der Waals surface area contributed by atoms with Gasteiger partial charge in [0.05, 0.1) is 18.4 Å². The van der Waals surface area contributed by atoms with Gasteiger partial charge in [-0.1, -0.05) is 47.7 Å². The minimum atomic E-state index is 0.0412. The summed E-state index contributed by atoms with van der Waals surface area (Å²) in [6, 6.07) is 13.2.